The summed E-state index contributed by atoms with van der Waals surface area (Å²) in [6.45, 7) is 5.91. The molecular formula is C16H21N5O2. The summed E-state index contributed by atoms with van der Waals surface area (Å²) in [5.41, 5.74) is 2.49. The zero-order chi connectivity index (χ0) is 16.2. The standard InChI is InChI=1S/C16H21N5O2/c1-11-9-21(10-12(2)23-11)15-5-3-13(4-6-15)19-16(22)20-14-7-17-18-8-14/h3-8,11-12H,9-10H2,1-2H3,(H,17,18)(H2,19,20,22)/t11-,12+. The number of H-pyrrole nitrogens is 1. The lowest BCUT2D eigenvalue weighted by Crippen LogP contribution is -2.45. The van der Waals surface area contributed by atoms with Crippen molar-refractivity contribution in [2.45, 2.75) is 26.1 Å². The zero-order valence-electron chi connectivity index (χ0n) is 13.2. The summed E-state index contributed by atoms with van der Waals surface area (Å²) < 4.78 is 5.75. The maximum absolute atomic E-state index is 11.9. The van der Waals surface area contributed by atoms with Crippen molar-refractivity contribution in [2.24, 2.45) is 0 Å². The maximum atomic E-state index is 11.9. The number of ether oxygens (including phenoxy) is 1. The number of morpholine rings is 1. The van der Waals surface area contributed by atoms with Gasteiger partial charge in [0.2, 0.25) is 0 Å². The van der Waals surface area contributed by atoms with Gasteiger partial charge in [-0.05, 0) is 38.1 Å². The van der Waals surface area contributed by atoms with Crippen LogP contribution in [0.5, 0.6) is 0 Å². The smallest absolute Gasteiger partial charge is 0.323 e. The van der Waals surface area contributed by atoms with Gasteiger partial charge in [-0.3, -0.25) is 5.10 Å². The fourth-order valence-electron chi connectivity index (χ4n) is 2.76. The number of rotatable bonds is 3. The Balaban J connectivity index is 1.59. The number of aromatic amines is 1. The molecule has 122 valence electrons. The van der Waals surface area contributed by atoms with E-state index in [2.05, 4.69) is 39.6 Å². The molecule has 2 amide bonds. The fourth-order valence-corrected chi connectivity index (χ4v) is 2.76. The van der Waals surface area contributed by atoms with Crippen LogP contribution in [0.1, 0.15) is 13.8 Å². The van der Waals surface area contributed by atoms with Crippen molar-refractivity contribution in [3.63, 3.8) is 0 Å². The van der Waals surface area contributed by atoms with Crippen LogP contribution in [-0.4, -0.2) is 41.5 Å². The van der Waals surface area contributed by atoms with Crippen LogP contribution in [0.4, 0.5) is 21.9 Å². The molecular weight excluding hydrogens is 294 g/mol. The van der Waals surface area contributed by atoms with Gasteiger partial charge < -0.3 is 20.3 Å². The Kier molecular flexibility index (Phi) is 4.47. The van der Waals surface area contributed by atoms with E-state index in [-0.39, 0.29) is 18.2 Å². The van der Waals surface area contributed by atoms with Crippen molar-refractivity contribution >= 4 is 23.1 Å². The first kappa shape index (κ1) is 15.4. The third-order valence-corrected chi connectivity index (χ3v) is 3.67. The van der Waals surface area contributed by atoms with Crippen LogP contribution in [0.25, 0.3) is 0 Å². The summed E-state index contributed by atoms with van der Waals surface area (Å²) in [7, 11) is 0. The number of carbonyl (C=O) groups excluding carboxylic acids is 1. The normalized spacial score (nSPS) is 21.0. The minimum absolute atomic E-state index is 0.220. The Labute approximate surface area is 135 Å². The molecule has 1 aromatic heterocycles. The molecule has 0 aliphatic carbocycles. The highest BCUT2D eigenvalue weighted by Gasteiger charge is 2.22. The lowest BCUT2D eigenvalue weighted by atomic mass is 10.2. The minimum Gasteiger partial charge on any atom is -0.372 e. The lowest BCUT2D eigenvalue weighted by molar-refractivity contribution is -0.00521. The molecule has 0 unspecified atom stereocenters. The van der Waals surface area contributed by atoms with Crippen molar-refractivity contribution in [3.05, 3.63) is 36.7 Å². The number of hydrogen-bond acceptors (Lipinski definition) is 4. The van der Waals surface area contributed by atoms with Gasteiger partial charge in [-0.2, -0.15) is 5.10 Å². The van der Waals surface area contributed by atoms with Gasteiger partial charge >= 0.3 is 6.03 Å². The molecule has 0 bridgehead atoms. The summed E-state index contributed by atoms with van der Waals surface area (Å²) in [4.78, 5) is 14.2. The van der Waals surface area contributed by atoms with E-state index in [1.165, 1.54) is 0 Å². The first-order chi connectivity index (χ1) is 11.1. The molecule has 7 nitrogen and oxygen atoms in total. The molecule has 1 aliphatic rings. The van der Waals surface area contributed by atoms with Crippen LogP contribution in [0.15, 0.2) is 36.7 Å². The molecule has 0 spiro atoms. The van der Waals surface area contributed by atoms with Crippen molar-refractivity contribution in [3.8, 4) is 0 Å². The molecule has 23 heavy (non-hydrogen) atoms. The van der Waals surface area contributed by atoms with E-state index >= 15 is 0 Å². The van der Waals surface area contributed by atoms with Gasteiger partial charge in [-0.1, -0.05) is 0 Å². The monoisotopic (exact) mass is 315 g/mol. The molecule has 2 heterocycles. The van der Waals surface area contributed by atoms with Gasteiger partial charge in [0.15, 0.2) is 0 Å². The first-order valence-corrected chi connectivity index (χ1v) is 7.67. The highest BCUT2D eigenvalue weighted by Crippen LogP contribution is 2.22. The zero-order valence-corrected chi connectivity index (χ0v) is 13.2. The van der Waals surface area contributed by atoms with E-state index in [4.69, 9.17) is 4.74 Å². The summed E-state index contributed by atoms with van der Waals surface area (Å²) in [6, 6.07) is 7.52. The van der Waals surface area contributed by atoms with Gasteiger partial charge in [-0.25, -0.2) is 4.79 Å². The molecule has 2 aromatic rings. The topological polar surface area (TPSA) is 82.3 Å². The molecule has 1 fully saturated rings. The van der Waals surface area contributed by atoms with E-state index < -0.39 is 0 Å². The number of amides is 2. The van der Waals surface area contributed by atoms with Crippen LogP contribution >= 0.6 is 0 Å². The molecule has 7 heteroatoms. The Morgan fingerprint density at radius 2 is 1.83 bits per heavy atom. The van der Waals surface area contributed by atoms with Gasteiger partial charge in [0.1, 0.15) is 0 Å². The summed E-state index contributed by atoms with van der Waals surface area (Å²) in [5.74, 6) is 0. The fraction of sp³-hybridized carbons (Fsp3) is 0.375. The average molecular weight is 315 g/mol. The SMILES string of the molecule is C[C@@H]1CN(c2ccc(NC(=O)Nc3cn[nH]c3)cc2)C[C@H](C)O1. The quantitative estimate of drug-likeness (QED) is 0.813. The van der Waals surface area contributed by atoms with Crippen LogP contribution in [0, 0.1) is 0 Å². The third-order valence-electron chi connectivity index (χ3n) is 3.67. The second-order valence-electron chi connectivity index (χ2n) is 5.78. The van der Waals surface area contributed by atoms with E-state index in [0.29, 0.717) is 5.69 Å². The largest absolute Gasteiger partial charge is 0.372 e. The predicted octanol–water partition coefficient (Wildman–Crippen LogP) is 2.67. The van der Waals surface area contributed by atoms with Crippen LogP contribution < -0.4 is 15.5 Å². The van der Waals surface area contributed by atoms with Crippen molar-refractivity contribution in [2.75, 3.05) is 28.6 Å². The molecule has 1 aliphatic heterocycles. The lowest BCUT2D eigenvalue weighted by Gasteiger charge is -2.36. The summed E-state index contributed by atoms with van der Waals surface area (Å²) >= 11 is 0. The molecule has 1 aromatic carbocycles. The number of hydrogen-bond donors (Lipinski definition) is 3. The molecule has 1 saturated heterocycles. The van der Waals surface area contributed by atoms with Crippen LogP contribution in [0.3, 0.4) is 0 Å². The van der Waals surface area contributed by atoms with Gasteiger partial charge in [0.05, 0.1) is 24.1 Å². The number of nitrogens with one attached hydrogen (secondary N) is 3. The van der Waals surface area contributed by atoms with Crippen molar-refractivity contribution < 1.29 is 9.53 Å². The highest BCUT2D eigenvalue weighted by atomic mass is 16.5. The number of anilines is 3. The molecule has 0 radical (unpaired) electrons. The van der Waals surface area contributed by atoms with Crippen molar-refractivity contribution in [1.29, 1.82) is 0 Å². The number of carbonyl (C=O) groups is 1. The number of nitrogens with zero attached hydrogens (tertiary/aromatic N) is 2. The molecule has 2 atom stereocenters. The van der Waals surface area contributed by atoms with Gasteiger partial charge in [0.25, 0.3) is 0 Å². The van der Waals surface area contributed by atoms with Crippen LogP contribution in [0.2, 0.25) is 0 Å². The second kappa shape index (κ2) is 6.70. The molecule has 0 saturated carbocycles. The van der Waals surface area contributed by atoms with E-state index in [1.54, 1.807) is 12.4 Å². The second-order valence-corrected chi connectivity index (χ2v) is 5.78. The van der Waals surface area contributed by atoms with E-state index in [0.717, 1.165) is 24.5 Å². The highest BCUT2D eigenvalue weighted by molar-refractivity contribution is 5.99. The summed E-state index contributed by atoms with van der Waals surface area (Å²) in [6.07, 6.45) is 3.60. The third kappa shape index (κ3) is 4.01. The summed E-state index contributed by atoms with van der Waals surface area (Å²) in [5, 5.41) is 11.9. The Morgan fingerprint density at radius 3 is 2.43 bits per heavy atom. The maximum Gasteiger partial charge on any atom is 0.323 e. The molecule has 3 rings (SSSR count). The average Bonchev–Trinajstić information content (AvgIpc) is 2.99. The molecule has 3 N–H and O–H groups in total. The number of aromatic nitrogens is 2. The van der Waals surface area contributed by atoms with Crippen LogP contribution in [-0.2, 0) is 4.74 Å². The predicted molar refractivity (Wildman–Crippen MR) is 89.9 cm³/mol. The van der Waals surface area contributed by atoms with Gasteiger partial charge in [0, 0.05) is 30.7 Å². The first-order valence-electron chi connectivity index (χ1n) is 7.67. The van der Waals surface area contributed by atoms with E-state index in [9.17, 15) is 4.79 Å². The Hall–Kier alpha value is -2.54. The Bertz CT molecular complexity index is 631. The Morgan fingerprint density at radius 1 is 1.17 bits per heavy atom. The van der Waals surface area contributed by atoms with Crippen molar-refractivity contribution in [1.82, 2.24) is 10.2 Å². The van der Waals surface area contributed by atoms with E-state index in [1.807, 2.05) is 24.3 Å². The number of benzene rings is 1. The number of urea groups is 1. The van der Waals surface area contributed by atoms with Gasteiger partial charge in [-0.15, -0.1) is 0 Å². The minimum atomic E-state index is -0.298.